The summed E-state index contributed by atoms with van der Waals surface area (Å²) in [5.74, 6) is -0.494. The number of esters is 1. The van der Waals surface area contributed by atoms with Crippen LogP contribution in [0, 0.1) is 11.3 Å². The molecule has 2 bridgehead atoms. The summed E-state index contributed by atoms with van der Waals surface area (Å²) in [6.07, 6.45) is 10.2. The van der Waals surface area contributed by atoms with Crippen molar-refractivity contribution in [2.24, 2.45) is 11.3 Å². The summed E-state index contributed by atoms with van der Waals surface area (Å²) in [7, 11) is 0. The first-order valence-electron chi connectivity index (χ1n) is 7.72. The molecule has 0 saturated heterocycles. The molecule has 3 unspecified atom stereocenters. The maximum Gasteiger partial charge on any atom is 0.325 e. The predicted octanol–water partition coefficient (Wildman–Crippen LogP) is 2.76. The third kappa shape index (κ3) is 2.30. The Labute approximate surface area is 119 Å². The van der Waals surface area contributed by atoms with Crippen LogP contribution in [0.25, 0.3) is 0 Å². The molecule has 0 spiro atoms. The van der Waals surface area contributed by atoms with E-state index in [4.69, 9.17) is 9.47 Å². The van der Waals surface area contributed by atoms with Crippen molar-refractivity contribution in [3.8, 4) is 0 Å². The van der Waals surface area contributed by atoms with Crippen molar-refractivity contribution in [2.75, 3.05) is 0 Å². The molecule has 4 heteroatoms. The lowest BCUT2D eigenvalue weighted by Crippen LogP contribution is -2.37. The summed E-state index contributed by atoms with van der Waals surface area (Å²) in [5, 5.41) is 0. The van der Waals surface area contributed by atoms with Gasteiger partial charge in [0.15, 0.2) is 12.1 Å². The smallest absolute Gasteiger partial charge is 0.325 e. The number of ether oxygens (including phenoxy) is 2. The predicted molar refractivity (Wildman–Crippen MR) is 72.8 cm³/mol. The Morgan fingerprint density at radius 2 is 2.05 bits per heavy atom. The molecule has 0 aliphatic heterocycles. The van der Waals surface area contributed by atoms with Crippen molar-refractivity contribution < 1.29 is 19.1 Å². The van der Waals surface area contributed by atoms with E-state index in [0.717, 1.165) is 19.3 Å². The first-order valence-corrected chi connectivity index (χ1v) is 7.72. The largest absolute Gasteiger partial charge is 0.435 e. The molecule has 0 aromatic carbocycles. The highest BCUT2D eigenvalue weighted by Crippen LogP contribution is 2.47. The summed E-state index contributed by atoms with van der Waals surface area (Å²) in [5.41, 5.74) is -1.01. The van der Waals surface area contributed by atoms with Gasteiger partial charge in [0.2, 0.25) is 0 Å². The quantitative estimate of drug-likeness (QED) is 0.343. The van der Waals surface area contributed by atoms with Crippen LogP contribution >= 0.6 is 0 Å². The Hall–Kier alpha value is -1.16. The van der Waals surface area contributed by atoms with Crippen LogP contribution in [0.15, 0.2) is 12.2 Å². The van der Waals surface area contributed by atoms with Crippen LogP contribution in [0.2, 0.25) is 0 Å². The van der Waals surface area contributed by atoms with Crippen molar-refractivity contribution in [1.29, 1.82) is 0 Å². The number of allylic oxidation sites excluding steroid dienone is 1. The zero-order chi connectivity index (χ0) is 14.2. The highest BCUT2D eigenvalue weighted by molar-refractivity contribution is 6.11. The fourth-order valence-electron chi connectivity index (χ4n) is 3.62. The van der Waals surface area contributed by atoms with E-state index < -0.39 is 17.7 Å². The molecule has 0 aromatic heterocycles. The van der Waals surface area contributed by atoms with E-state index >= 15 is 0 Å². The second kappa shape index (κ2) is 5.32. The Morgan fingerprint density at radius 1 is 1.30 bits per heavy atom. The molecule has 0 amide bonds. The number of hydrogen-bond acceptors (Lipinski definition) is 4. The molecule has 0 radical (unpaired) electrons. The highest BCUT2D eigenvalue weighted by atomic mass is 16.7. The normalized spacial score (nSPS) is 34.5. The standard InChI is InChI=1S/C16H22O4/c1-11(19-13-5-3-2-4-6-13)20-15(18)16-9-7-12(8-10-16)14(16)17/h7,9,11-13H,2-6,8,10H2,1H3. The van der Waals surface area contributed by atoms with Crippen LogP contribution < -0.4 is 0 Å². The number of rotatable bonds is 4. The summed E-state index contributed by atoms with van der Waals surface area (Å²) in [4.78, 5) is 24.4. The van der Waals surface area contributed by atoms with E-state index in [1.54, 1.807) is 13.0 Å². The Balaban J connectivity index is 1.56. The van der Waals surface area contributed by atoms with Gasteiger partial charge < -0.3 is 9.47 Å². The van der Waals surface area contributed by atoms with Crippen LogP contribution in [0.1, 0.15) is 51.9 Å². The maximum atomic E-state index is 12.3. The minimum Gasteiger partial charge on any atom is -0.435 e. The number of hydrogen-bond donors (Lipinski definition) is 0. The second-order valence-electron chi connectivity index (χ2n) is 6.21. The van der Waals surface area contributed by atoms with Crippen LogP contribution in [-0.4, -0.2) is 24.1 Å². The van der Waals surface area contributed by atoms with Crippen LogP contribution in [0.5, 0.6) is 0 Å². The molecule has 3 aliphatic rings. The number of ketones is 1. The molecule has 3 rings (SSSR count). The van der Waals surface area contributed by atoms with E-state index in [1.807, 2.05) is 6.08 Å². The summed E-state index contributed by atoms with van der Waals surface area (Å²) in [6.45, 7) is 1.75. The van der Waals surface area contributed by atoms with E-state index in [9.17, 15) is 9.59 Å². The van der Waals surface area contributed by atoms with Gasteiger partial charge in [-0.25, -0.2) is 0 Å². The minimum absolute atomic E-state index is 0.00682. The van der Waals surface area contributed by atoms with Gasteiger partial charge in [-0.3, -0.25) is 9.59 Å². The van der Waals surface area contributed by atoms with Gasteiger partial charge in [0.05, 0.1) is 6.10 Å². The van der Waals surface area contributed by atoms with Crippen molar-refractivity contribution in [1.82, 2.24) is 0 Å². The molecule has 3 atom stereocenters. The summed E-state index contributed by atoms with van der Waals surface area (Å²) >= 11 is 0. The summed E-state index contributed by atoms with van der Waals surface area (Å²) < 4.78 is 11.2. The van der Waals surface area contributed by atoms with Gasteiger partial charge in [-0.2, -0.15) is 0 Å². The molecule has 3 aliphatic carbocycles. The number of carbonyl (C=O) groups excluding carboxylic acids is 2. The third-order valence-electron chi connectivity index (χ3n) is 4.81. The van der Waals surface area contributed by atoms with Crippen LogP contribution in [0.3, 0.4) is 0 Å². The Bertz CT molecular complexity index is 436. The van der Waals surface area contributed by atoms with Gasteiger partial charge in [-0.05, 0) is 32.6 Å². The lowest BCUT2D eigenvalue weighted by molar-refractivity contribution is -0.194. The number of Topliss-reactive ketones (excluding diaryl/α,β-unsaturated/α-hetero) is 1. The average Bonchev–Trinajstić information content (AvgIpc) is 2.94. The molecule has 2 fully saturated rings. The van der Waals surface area contributed by atoms with Gasteiger partial charge >= 0.3 is 5.97 Å². The average molecular weight is 278 g/mol. The Kier molecular flexibility index (Phi) is 3.67. The molecule has 0 N–H and O–H groups in total. The van der Waals surface area contributed by atoms with E-state index in [-0.39, 0.29) is 17.8 Å². The molecule has 110 valence electrons. The van der Waals surface area contributed by atoms with Crippen molar-refractivity contribution in [3.63, 3.8) is 0 Å². The zero-order valence-corrected chi connectivity index (χ0v) is 12.0. The van der Waals surface area contributed by atoms with E-state index in [2.05, 4.69) is 0 Å². The van der Waals surface area contributed by atoms with Crippen molar-refractivity contribution in [3.05, 3.63) is 12.2 Å². The van der Waals surface area contributed by atoms with Crippen molar-refractivity contribution >= 4 is 11.8 Å². The first-order chi connectivity index (χ1) is 9.62. The SMILES string of the molecule is CC(OC(=O)C12C=CC(CC1)C2=O)OC1CCCCC1. The van der Waals surface area contributed by atoms with Gasteiger partial charge in [0.25, 0.3) is 0 Å². The molecular formula is C16H22O4. The molecule has 0 heterocycles. The van der Waals surface area contributed by atoms with Gasteiger partial charge in [0.1, 0.15) is 5.41 Å². The monoisotopic (exact) mass is 278 g/mol. The van der Waals surface area contributed by atoms with Gasteiger partial charge in [-0.15, -0.1) is 0 Å². The fourth-order valence-corrected chi connectivity index (χ4v) is 3.62. The van der Waals surface area contributed by atoms with Crippen LogP contribution in [0.4, 0.5) is 0 Å². The first kappa shape index (κ1) is 13.8. The third-order valence-corrected chi connectivity index (χ3v) is 4.81. The van der Waals surface area contributed by atoms with Crippen LogP contribution in [-0.2, 0) is 19.1 Å². The molecular weight excluding hydrogens is 256 g/mol. The van der Waals surface area contributed by atoms with Gasteiger partial charge in [0, 0.05) is 5.92 Å². The van der Waals surface area contributed by atoms with Crippen molar-refractivity contribution in [2.45, 2.75) is 64.3 Å². The number of carbonyl (C=O) groups is 2. The number of fused-ring (bicyclic) bond motifs is 2. The summed E-state index contributed by atoms with van der Waals surface area (Å²) in [6, 6.07) is 0. The second-order valence-corrected chi connectivity index (χ2v) is 6.21. The van der Waals surface area contributed by atoms with E-state index in [0.29, 0.717) is 6.42 Å². The zero-order valence-electron chi connectivity index (χ0n) is 12.0. The molecule has 4 nitrogen and oxygen atoms in total. The molecule has 0 aromatic rings. The highest BCUT2D eigenvalue weighted by Gasteiger charge is 2.55. The maximum absolute atomic E-state index is 12.3. The lowest BCUT2D eigenvalue weighted by atomic mass is 9.87. The molecule has 2 saturated carbocycles. The minimum atomic E-state index is -1.01. The van der Waals surface area contributed by atoms with Gasteiger partial charge in [-0.1, -0.05) is 31.4 Å². The molecule has 20 heavy (non-hydrogen) atoms. The Morgan fingerprint density at radius 3 is 2.60 bits per heavy atom. The fraction of sp³-hybridized carbons (Fsp3) is 0.750. The topological polar surface area (TPSA) is 52.6 Å². The lowest BCUT2D eigenvalue weighted by Gasteiger charge is -2.27. The van der Waals surface area contributed by atoms with E-state index in [1.165, 1.54) is 19.3 Å².